The third-order valence-corrected chi connectivity index (χ3v) is 4.65. The minimum atomic E-state index is -2.51. The van der Waals surface area contributed by atoms with Crippen molar-refractivity contribution in [2.45, 2.75) is 35.9 Å². The highest BCUT2D eigenvalue weighted by Crippen LogP contribution is 2.46. The van der Waals surface area contributed by atoms with Crippen LogP contribution in [-0.4, -0.2) is 35.6 Å². The molecule has 20 heavy (non-hydrogen) atoms. The van der Waals surface area contributed by atoms with Gasteiger partial charge in [0.05, 0.1) is 6.54 Å². The molecule has 0 radical (unpaired) electrons. The Morgan fingerprint density at radius 3 is 2.55 bits per heavy atom. The lowest BCUT2D eigenvalue weighted by atomic mass is 10.1. The molecular weight excluding hydrogens is 282 g/mol. The molecule has 1 aromatic carbocycles. The Morgan fingerprint density at radius 1 is 1.40 bits per heavy atom. The van der Waals surface area contributed by atoms with Gasteiger partial charge in [0, 0.05) is 4.90 Å². The zero-order chi connectivity index (χ0) is 14.3. The first-order valence-electron chi connectivity index (χ1n) is 6.57. The van der Waals surface area contributed by atoms with Gasteiger partial charge >= 0.3 is 0 Å². The third kappa shape index (κ3) is 2.31. The lowest BCUT2D eigenvalue weighted by Crippen LogP contribution is -2.35. The van der Waals surface area contributed by atoms with Crippen molar-refractivity contribution in [1.82, 2.24) is 10.2 Å². The summed E-state index contributed by atoms with van der Waals surface area (Å²) in [6.45, 7) is -0.511. The quantitative estimate of drug-likeness (QED) is 0.867. The van der Waals surface area contributed by atoms with Crippen molar-refractivity contribution < 1.29 is 13.6 Å². The number of benzene rings is 1. The van der Waals surface area contributed by atoms with E-state index in [1.165, 1.54) is 4.90 Å². The van der Waals surface area contributed by atoms with Gasteiger partial charge in [0.15, 0.2) is 0 Å². The van der Waals surface area contributed by atoms with Gasteiger partial charge in [-0.3, -0.25) is 10.1 Å². The van der Waals surface area contributed by atoms with Gasteiger partial charge in [-0.05, 0) is 36.8 Å². The van der Waals surface area contributed by atoms with Crippen molar-refractivity contribution in [1.29, 1.82) is 0 Å². The molecule has 1 unspecified atom stereocenters. The first kappa shape index (κ1) is 13.8. The molecule has 6 heteroatoms. The van der Waals surface area contributed by atoms with E-state index in [2.05, 4.69) is 5.32 Å². The van der Waals surface area contributed by atoms with Crippen LogP contribution in [0.3, 0.4) is 0 Å². The van der Waals surface area contributed by atoms with Crippen LogP contribution < -0.4 is 5.32 Å². The number of hydrogen-bond donors (Lipinski definition) is 1. The second-order valence-corrected chi connectivity index (χ2v) is 6.13. The van der Waals surface area contributed by atoms with Crippen molar-refractivity contribution in [3.63, 3.8) is 0 Å². The van der Waals surface area contributed by atoms with Crippen LogP contribution in [0.4, 0.5) is 8.78 Å². The van der Waals surface area contributed by atoms with E-state index in [-0.39, 0.29) is 5.91 Å². The van der Waals surface area contributed by atoms with Gasteiger partial charge in [-0.15, -0.1) is 11.8 Å². The number of alkyl halides is 2. The summed E-state index contributed by atoms with van der Waals surface area (Å²) in [5.41, 5.74) is 0.290. The van der Waals surface area contributed by atoms with E-state index in [9.17, 15) is 13.6 Å². The molecule has 2 aliphatic rings. The fourth-order valence-electron chi connectivity index (χ4n) is 2.66. The highest BCUT2D eigenvalue weighted by Gasteiger charge is 2.59. The fraction of sp³-hybridized carbons (Fsp3) is 0.500. The second kappa shape index (κ2) is 5.00. The van der Waals surface area contributed by atoms with Gasteiger partial charge in [-0.2, -0.15) is 0 Å². The summed E-state index contributed by atoms with van der Waals surface area (Å²) in [5.74, 6) is -0.184. The summed E-state index contributed by atoms with van der Waals surface area (Å²) < 4.78 is 25.4. The minimum absolute atomic E-state index is 0.184. The van der Waals surface area contributed by atoms with Gasteiger partial charge in [0.1, 0.15) is 11.7 Å². The van der Waals surface area contributed by atoms with Crippen molar-refractivity contribution in [3.05, 3.63) is 29.8 Å². The van der Waals surface area contributed by atoms with Crippen LogP contribution in [0.25, 0.3) is 0 Å². The predicted molar refractivity (Wildman–Crippen MR) is 73.8 cm³/mol. The Bertz CT molecular complexity index is 516. The number of rotatable bonds is 4. The van der Waals surface area contributed by atoms with Crippen LogP contribution in [-0.2, 0) is 4.79 Å². The molecule has 0 aromatic heterocycles. The van der Waals surface area contributed by atoms with Crippen molar-refractivity contribution in [3.8, 4) is 0 Å². The molecule has 1 aromatic rings. The highest BCUT2D eigenvalue weighted by molar-refractivity contribution is 7.98. The molecule has 1 aliphatic heterocycles. The van der Waals surface area contributed by atoms with Gasteiger partial charge in [0.2, 0.25) is 5.91 Å². The molecular formula is C14H16F2N2OS. The average molecular weight is 298 g/mol. The number of thioether (sulfide) groups is 1. The Labute approximate surface area is 120 Å². The predicted octanol–water partition coefficient (Wildman–Crippen LogP) is 2.64. The Hall–Kier alpha value is -1.14. The summed E-state index contributed by atoms with van der Waals surface area (Å²) in [6, 6.07) is 7.70. The summed E-state index contributed by atoms with van der Waals surface area (Å²) >= 11 is 1.62. The standard InChI is InChI=1S/C14H16F2N2OS/c1-20-10-4-2-9(3-5-10)12-17-14(6-7-14)13(19)18(12)8-11(15)16/h2-5,11-12,17H,6-8H2,1H3. The lowest BCUT2D eigenvalue weighted by molar-refractivity contribution is -0.132. The largest absolute Gasteiger partial charge is 0.316 e. The van der Waals surface area contributed by atoms with Crippen molar-refractivity contribution in [2.24, 2.45) is 0 Å². The van der Waals surface area contributed by atoms with E-state index in [1.54, 1.807) is 11.8 Å². The van der Waals surface area contributed by atoms with Gasteiger partial charge in [-0.25, -0.2) is 8.78 Å². The number of carbonyl (C=O) groups excluding carboxylic acids is 1. The van der Waals surface area contributed by atoms with Gasteiger partial charge < -0.3 is 4.90 Å². The summed E-state index contributed by atoms with van der Waals surface area (Å²) in [5, 5.41) is 3.24. The zero-order valence-corrected chi connectivity index (χ0v) is 11.9. The number of amides is 1. The van der Waals surface area contributed by atoms with E-state index >= 15 is 0 Å². The third-order valence-electron chi connectivity index (χ3n) is 3.91. The van der Waals surface area contributed by atoms with E-state index in [0.29, 0.717) is 0 Å². The van der Waals surface area contributed by atoms with Crippen molar-refractivity contribution in [2.75, 3.05) is 12.8 Å². The average Bonchev–Trinajstić information content (AvgIpc) is 3.17. The zero-order valence-electron chi connectivity index (χ0n) is 11.1. The molecule has 2 fully saturated rings. The van der Waals surface area contributed by atoms with E-state index < -0.39 is 24.7 Å². The van der Waals surface area contributed by atoms with Crippen LogP contribution in [0.2, 0.25) is 0 Å². The summed E-state index contributed by atoms with van der Waals surface area (Å²) in [7, 11) is 0. The maximum absolute atomic E-state index is 12.7. The number of hydrogen-bond acceptors (Lipinski definition) is 3. The second-order valence-electron chi connectivity index (χ2n) is 5.25. The van der Waals surface area contributed by atoms with Crippen LogP contribution in [0.15, 0.2) is 29.2 Å². The molecule has 1 saturated heterocycles. The molecule has 3 rings (SSSR count). The first-order valence-corrected chi connectivity index (χ1v) is 7.79. The number of carbonyl (C=O) groups is 1. The maximum Gasteiger partial charge on any atom is 0.255 e. The Kier molecular flexibility index (Phi) is 3.46. The SMILES string of the molecule is CSc1ccc(C2NC3(CC3)C(=O)N2CC(F)F)cc1. The summed E-state index contributed by atoms with van der Waals surface area (Å²) in [4.78, 5) is 14.7. The minimum Gasteiger partial charge on any atom is -0.316 e. The smallest absolute Gasteiger partial charge is 0.255 e. The molecule has 1 heterocycles. The van der Waals surface area contributed by atoms with Crippen molar-refractivity contribution >= 4 is 17.7 Å². The number of nitrogens with one attached hydrogen (secondary N) is 1. The Balaban J connectivity index is 1.87. The Morgan fingerprint density at radius 2 is 2.05 bits per heavy atom. The van der Waals surface area contributed by atoms with E-state index in [0.717, 1.165) is 23.3 Å². The molecule has 1 spiro atoms. The first-order chi connectivity index (χ1) is 9.55. The van der Waals surface area contributed by atoms with Crippen LogP contribution >= 0.6 is 11.8 Å². The van der Waals surface area contributed by atoms with Crippen LogP contribution in [0.1, 0.15) is 24.6 Å². The molecule has 1 N–H and O–H groups in total. The highest BCUT2D eigenvalue weighted by atomic mass is 32.2. The molecule has 1 atom stereocenters. The number of halogens is 2. The maximum atomic E-state index is 12.7. The molecule has 1 aliphatic carbocycles. The van der Waals surface area contributed by atoms with E-state index in [1.807, 2.05) is 30.5 Å². The summed E-state index contributed by atoms with van der Waals surface area (Å²) in [6.07, 6.45) is 0.516. The molecule has 1 saturated carbocycles. The van der Waals surface area contributed by atoms with Crippen LogP contribution in [0.5, 0.6) is 0 Å². The normalized spacial score (nSPS) is 23.9. The number of nitrogens with zero attached hydrogens (tertiary/aromatic N) is 1. The molecule has 3 nitrogen and oxygen atoms in total. The molecule has 108 valence electrons. The van der Waals surface area contributed by atoms with Gasteiger partial charge in [-0.1, -0.05) is 12.1 Å². The topological polar surface area (TPSA) is 32.3 Å². The van der Waals surface area contributed by atoms with Gasteiger partial charge in [0.25, 0.3) is 6.43 Å². The molecule has 1 amide bonds. The van der Waals surface area contributed by atoms with E-state index in [4.69, 9.17) is 0 Å². The lowest BCUT2D eigenvalue weighted by Gasteiger charge is -2.24. The monoisotopic (exact) mass is 298 g/mol. The fourth-order valence-corrected chi connectivity index (χ4v) is 3.07. The molecule has 0 bridgehead atoms. The van der Waals surface area contributed by atoms with Crippen LogP contribution in [0, 0.1) is 0 Å².